The Bertz CT molecular complexity index is 415. The number of carboxylic acids is 1. The molecule has 118 valence electrons. The first-order valence-electron chi connectivity index (χ1n) is 8.71. The van der Waals surface area contributed by atoms with Gasteiger partial charge in [0.1, 0.15) is 5.54 Å². The van der Waals surface area contributed by atoms with Gasteiger partial charge in [0.2, 0.25) is 0 Å². The van der Waals surface area contributed by atoms with Crippen LogP contribution in [0.2, 0.25) is 0 Å². The minimum Gasteiger partial charge on any atom is -0.480 e. The van der Waals surface area contributed by atoms with Crippen molar-refractivity contribution in [3.05, 3.63) is 0 Å². The fourth-order valence-electron chi connectivity index (χ4n) is 6.27. The SMILES string of the molecule is NC1(C(=O)O)CCN(CCC23CC4CC(CC(C4)C2)C3)C1. The van der Waals surface area contributed by atoms with Crippen LogP contribution in [0.4, 0.5) is 0 Å². The molecule has 1 heterocycles. The van der Waals surface area contributed by atoms with Gasteiger partial charge in [-0.25, -0.2) is 0 Å². The van der Waals surface area contributed by atoms with E-state index in [0.29, 0.717) is 18.4 Å². The number of likely N-dealkylation sites (tertiary alicyclic amines) is 1. The first-order chi connectivity index (χ1) is 9.96. The zero-order valence-electron chi connectivity index (χ0n) is 12.9. The summed E-state index contributed by atoms with van der Waals surface area (Å²) >= 11 is 0. The molecule has 0 spiro atoms. The second-order valence-electron chi connectivity index (χ2n) is 8.65. The quantitative estimate of drug-likeness (QED) is 0.832. The Morgan fingerprint density at radius 1 is 1.14 bits per heavy atom. The minimum atomic E-state index is -0.999. The fraction of sp³-hybridized carbons (Fsp3) is 0.941. The molecule has 4 saturated carbocycles. The predicted molar refractivity (Wildman–Crippen MR) is 80.8 cm³/mol. The van der Waals surface area contributed by atoms with Crippen LogP contribution in [-0.4, -0.2) is 41.1 Å². The van der Waals surface area contributed by atoms with E-state index in [1.54, 1.807) is 0 Å². The van der Waals surface area contributed by atoms with Crippen molar-refractivity contribution in [1.82, 2.24) is 4.90 Å². The Kier molecular flexibility index (Phi) is 3.13. The summed E-state index contributed by atoms with van der Waals surface area (Å²) in [5.74, 6) is 2.17. The Labute approximate surface area is 127 Å². The minimum absolute atomic E-state index is 0.536. The molecule has 0 aromatic rings. The average molecular weight is 292 g/mol. The fourth-order valence-corrected chi connectivity index (χ4v) is 6.27. The topological polar surface area (TPSA) is 66.6 Å². The largest absolute Gasteiger partial charge is 0.480 e. The van der Waals surface area contributed by atoms with Gasteiger partial charge in [-0.15, -0.1) is 0 Å². The first kappa shape index (κ1) is 14.0. The van der Waals surface area contributed by atoms with Crippen LogP contribution in [0.1, 0.15) is 51.4 Å². The van der Waals surface area contributed by atoms with Crippen molar-refractivity contribution >= 4 is 5.97 Å². The summed E-state index contributed by atoms with van der Waals surface area (Å²) < 4.78 is 0. The highest BCUT2D eigenvalue weighted by atomic mass is 16.4. The highest BCUT2D eigenvalue weighted by Gasteiger charge is 2.51. The van der Waals surface area contributed by atoms with Crippen LogP contribution in [0.3, 0.4) is 0 Å². The molecule has 3 N–H and O–H groups in total. The number of rotatable bonds is 4. The molecule has 5 fully saturated rings. The summed E-state index contributed by atoms with van der Waals surface area (Å²) in [6.45, 7) is 2.45. The third kappa shape index (κ3) is 2.40. The van der Waals surface area contributed by atoms with Crippen molar-refractivity contribution in [3.63, 3.8) is 0 Å². The van der Waals surface area contributed by atoms with E-state index < -0.39 is 11.5 Å². The molecule has 1 saturated heterocycles. The van der Waals surface area contributed by atoms with Crippen LogP contribution in [0.5, 0.6) is 0 Å². The number of carboxylic acid groups (broad SMARTS) is 1. The number of hydrogen-bond donors (Lipinski definition) is 2. The van der Waals surface area contributed by atoms with Crippen molar-refractivity contribution in [2.24, 2.45) is 28.9 Å². The predicted octanol–water partition coefficient (Wildman–Crippen LogP) is 2.08. The summed E-state index contributed by atoms with van der Waals surface area (Å²) in [7, 11) is 0. The van der Waals surface area contributed by atoms with Gasteiger partial charge in [0.15, 0.2) is 0 Å². The number of hydrogen-bond acceptors (Lipinski definition) is 3. The molecule has 1 aliphatic heterocycles. The van der Waals surface area contributed by atoms with Crippen LogP contribution in [0, 0.1) is 23.2 Å². The van der Waals surface area contributed by atoms with Gasteiger partial charge in [0.05, 0.1) is 0 Å². The van der Waals surface area contributed by atoms with E-state index in [2.05, 4.69) is 4.90 Å². The molecule has 4 bridgehead atoms. The summed E-state index contributed by atoms with van der Waals surface area (Å²) in [5, 5.41) is 9.24. The molecule has 5 rings (SSSR count). The molecule has 4 nitrogen and oxygen atoms in total. The van der Waals surface area contributed by atoms with E-state index in [1.807, 2.05) is 0 Å². The van der Waals surface area contributed by atoms with Gasteiger partial charge < -0.3 is 15.7 Å². The normalized spacial score (nSPS) is 48.9. The monoisotopic (exact) mass is 292 g/mol. The second-order valence-corrected chi connectivity index (χ2v) is 8.65. The zero-order chi connectivity index (χ0) is 14.7. The maximum Gasteiger partial charge on any atom is 0.325 e. The highest BCUT2D eigenvalue weighted by molar-refractivity contribution is 5.79. The van der Waals surface area contributed by atoms with E-state index >= 15 is 0 Å². The second kappa shape index (κ2) is 4.69. The van der Waals surface area contributed by atoms with Gasteiger partial charge in [-0.3, -0.25) is 4.79 Å². The Morgan fingerprint density at radius 3 is 2.19 bits per heavy atom. The molecule has 1 unspecified atom stereocenters. The van der Waals surface area contributed by atoms with Gasteiger partial charge in [0, 0.05) is 13.1 Å². The van der Waals surface area contributed by atoms with E-state index in [-0.39, 0.29) is 0 Å². The van der Waals surface area contributed by atoms with E-state index in [4.69, 9.17) is 5.73 Å². The lowest BCUT2D eigenvalue weighted by Crippen LogP contribution is -2.50. The first-order valence-corrected chi connectivity index (χ1v) is 8.71. The molecule has 0 aromatic carbocycles. The third-order valence-electron chi connectivity index (χ3n) is 6.93. The molecule has 1 atom stereocenters. The van der Waals surface area contributed by atoms with Gasteiger partial charge in [-0.05, 0) is 81.1 Å². The molecule has 0 aromatic heterocycles. The lowest BCUT2D eigenvalue weighted by Gasteiger charge is -2.57. The standard InChI is InChI=1S/C17H28N2O2/c18-17(15(20)21)2-4-19(11-17)3-1-16-8-12-5-13(9-16)7-14(6-12)10-16/h12-14H,1-11,18H2,(H,20,21). The van der Waals surface area contributed by atoms with Crippen molar-refractivity contribution in [3.8, 4) is 0 Å². The number of nitrogens with zero attached hydrogens (tertiary/aromatic N) is 1. The van der Waals surface area contributed by atoms with Crippen molar-refractivity contribution in [2.45, 2.75) is 56.9 Å². The van der Waals surface area contributed by atoms with Gasteiger partial charge in [-0.1, -0.05) is 0 Å². The Balaban J connectivity index is 1.36. The zero-order valence-corrected chi connectivity index (χ0v) is 12.9. The van der Waals surface area contributed by atoms with E-state index in [1.165, 1.54) is 44.9 Å². The molecule has 0 amide bonds. The molecule has 21 heavy (non-hydrogen) atoms. The average Bonchev–Trinajstić information content (AvgIpc) is 2.78. The van der Waals surface area contributed by atoms with Crippen molar-refractivity contribution < 1.29 is 9.90 Å². The summed E-state index contributed by atoms with van der Waals surface area (Å²) in [5.41, 5.74) is 5.58. The summed E-state index contributed by atoms with van der Waals surface area (Å²) in [4.78, 5) is 13.5. The molecule has 4 heteroatoms. The lowest BCUT2D eigenvalue weighted by atomic mass is 9.49. The van der Waals surface area contributed by atoms with Gasteiger partial charge in [0.25, 0.3) is 0 Å². The number of aliphatic carboxylic acids is 1. The highest BCUT2D eigenvalue weighted by Crippen LogP contribution is 2.61. The molecule has 0 radical (unpaired) electrons. The molecule has 5 aliphatic rings. The van der Waals surface area contributed by atoms with Crippen LogP contribution >= 0.6 is 0 Å². The Morgan fingerprint density at radius 2 is 1.71 bits per heavy atom. The maximum absolute atomic E-state index is 11.2. The third-order valence-corrected chi connectivity index (χ3v) is 6.93. The molecular formula is C17H28N2O2. The van der Waals surface area contributed by atoms with Crippen LogP contribution in [-0.2, 0) is 4.79 Å². The maximum atomic E-state index is 11.2. The van der Waals surface area contributed by atoms with Gasteiger partial charge >= 0.3 is 5.97 Å². The Hall–Kier alpha value is -0.610. The van der Waals surface area contributed by atoms with E-state index in [0.717, 1.165) is 30.8 Å². The van der Waals surface area contributed by atoms with E-state index in [9.17, 15) is 9.90 Å². The smallest absolute Gasteiger partial charge is 0.325 e. The van der Waals surface area contributed by atoms with Gasteiger partial charge in [-0.2, -0.15) is 0 Å². The van der Waals surface area contributed by atoms with Crippen molar-refractivity contribution in [1.29, 1.82) is 0 Å². The number of carbonyl (C=O) groups is 1. The van der Waals surface area contributed by atoms with Crippen molar-refractivity contribution in [2.75, 3.05) is 19.6 Å². The van der Waals surface area contributed by atoms with Crippen LogP contribution < -0.4 is 5.73 Å². The number of nitrogens with two attached hydrogens (primary N) is 1. The van der Waals surface area contributed by atoms with Crippen LogP contribution in [0.25, 0.3) is 0 Å². The van der Waals surface area contributed by atoms with Crippen LogP contribution in [0.15, 0.2) is 0 Å². The molecular weight excluding hydrogens is 264 g/mol. The summed E-state index contributed by atoms with van der Waals surface area (Å²) in [6.07, 6.45) is 10.7. The summed E-state index contributed by atoms with van der Waals surface area (Å²) in [6, 6.07) is 0. The molecule has 4 aliphatic carbocycles. The lowest BCUT2D eigenvalue weighted by molar-refractivity contribution is -0.142.